The highest BCUT2D eigenvalue weighted by molar-refractivity contribution is 5.62. The number of hydrogen-bond donors (Lipinski definition) is 3. The molecule has 0 aromatic carbocycles. The molecule has 1 aliphatic carbocycles. The molecule has 2 rings (SSSR count). The van der Waals surface area contributed by atoms with Crippen molar-refractivity contribution in [2.24, 2.45) is 0 Å². The summed E-state index contributed by atoms with van der Waals surface area (Å²) in [7, 11) is 1.56. The van der Waals surface area contributed by atoms with Gasteiger partial charge in [-0.25, -0.2) is 0 Å². The summed E-state index contributed by atoms with van der Waals surface area (Å²) in [6, 6.07) is 3.44. The van der Waals surface area contributed by atoms with Crippen LogP contribution in [0.1, 0.15) is 19.3 Å². The van der Waals surface area contributed by atoms with E-state index in [4.69, 9.17) is 10.5 Å². The highest BCUT2D eigenvalue weighted by atomic mass is 16.5. The summed E-state index contributed by atoms with van der Waals surface area (Å²) in [6.07, 6.45) is 2.76. The van der Waals surface area contributed by atoms with Crippen molar-refractivity contribution in [1.29, 1.82) is 0 Å². The van der Waals surface area contributed by atoms with Gasteiger partial charge in [0.05, 0.1) is 18.4 Å². The molecule has 0 unspecified atom stereocenters. The minimum Gasteiger partial charge on any atom is -0.481 e. The van der Waals surface area contributed by atoms with Crippen LogP contribution in [0, 0.1) is 0 Å². The molecule has 0 saturated heterocycles. The number of anilines is 2. The lowest BCUT2D eigenvalue weighted by atomic mass is 9.80. The van der Waals surface area contributed by atoms with Gasteiger partial charge in [-0.2, -0.15) is 4.98 Å². The predicted molar refractivity (Wildman–Crippen MR) is 62.5 cm³/mol. The summed E-state index contributed by atoms with van der Waals surface area (Å²) in [5.41, 5.74) is 5.74. The first-order chi connectivity index (χ1) is 7.63. The van der Waals surface area contributed by atoms with E-state index in [9.17, 15) is 5.11 Å². The molecule has 0 aliphatic heterocycles. The van der Waals surface area contributed by atoms with Gasteiger partial charge >= 0.3 is 0 Å². The topological polar surface area (TPSA) is 80.4 Å². The number of nitrogens with two attached hydrogens (primary N) is 1. The largest absolute Gasteiger partial charge is 0.481 e. The smallest absolute Gasteiger partial charge is 0.215 e. The third-order valence-electron chi connectivity index (χ3n) is 2.98. The standard InChI is InChI=1S/C11H17N3O2/c1-16-9-4-3-8(12)10(14-9)13-7-11(15)5-2-6-11/h3-4,15H,2,5-7,12H2,1H3,(H,13,14). The number of rotatable bonds is 4. The molecule has 1 fully saturated rings. The molecule has 16 heavy (non-hydrogen) atoms. The average molecular weight is 223 g/mol. The van der Waals surface area contributed by atoms with E-state index < -0.39 is 5.60 Å². The molecule has 5 heteroatoms. The fourth-order valence-corrected chi connectivity index (χ4v) is 1.72. The molecule has 5 nitrogen and oxygen atoms in total. The predicted octanol–water partition coefficient (Wildman–Crippen LogP) is 0.999. The molecule has 0 amide bonds. The monoisotopic (exact) mass is 223 g/mol. The van der Waals surface area contributed by atoms with Crippen LogP contribution in [-0.4, -0.2) is 29.3 Å². The van der Waals surface area contributed by atoms with Gasteiger partial charge in [-0.05, 0) is 25.3 Å². The number of nitrogens with one attached hydrogen (secondary N) is 1. The Hall–Kier alpha value is -1.49. The van der Waals surface area contributed by atoms with Crippen molar-refractivity contribution in [3.63, 3.8) is 0 Å². The first-order valence-electron chi connectivity index (χ1n) is 5.40. The zero-order valence-corrected chi connectivity index (χ0v) is 9.36. The summed E-state index contributed by atoms with van der Waals surface area (Å²) in [6.45, 7) is 0.483. The maximum absolute atomic E-state index is 9.93. The Morgan fingerprint density at radius 2 is 2.31 bits per heavy atom. The number of nitrogens with zero attached hydrogens (tertiary/aromatic N) is 1. The van der Waals surface area contributed by atoms with Crippen molar-refractivity contribution in [2.45, 2.75) is 24.9 Å². The quantitative estimate of drug-likeness (QED) is 0.709. The highest BCUT2D eigenvalue weighted by Gasteiger charge is 2.34. The first-order valence-corrected chi connectivity index (χ1v) is 5.40. The SMILES string of the molecule is COc1ccc(N)c(NCC2(O)CCC2)n1. The Morgan fingerprint density at radius 1 is 1.56 bits per heavy atom. The zero-order chi connectivity index (χ0) is 11.6. The van der Waals surface area contributed by atoms with Gasteiger partial charge in [0.25, 0.3) is 0 Å². The van der Waals surface area contributed by atoms with Gasteiger partial charge in [-0.1, -0.05) is 0 Å². The maximum Gasteiger partial charge on any atom is 0.215 e. The lowest BCUT2D eigenvalue weighted by Crippen LogP contribution is -2.43. The van der Waals surface area contributed by atoms with Crippen LogP contribution in [-0.2, 0) is 0 Å². The molecule has 0 atom stereocenters. The molecular formula is C11H17N3O2. The van der Waals surface area contributed by atoms with E-state index in [0.29, 0.717) is 23.9 Å². The number of aromatic nitrogens is 1. The fourth-order valence-electron chi connectivity index (χ4n) is 1.72. The lowest BCUT2D eigenvalue weighted by molar-refractivity contribution is -0.0202. The Labute approximate surface area is 94.6 Å². The van der Waals surface area contributed by atoms with E-state index in [1.54, 1.807) is 19.2 Å². The molecule has 88 valence electrons. The first kappa shape index (κ1) is 11.0. The van der Waals surface area contributed by atoms with Crippen molar-refractivity contribution >= 4 is 11.5 Å². The molecular weight excluding hydrogens is 206 g/mol. The molecule has 4 N–H and O–H groups in total. The average Bonchev–Trinajstić information content (AvgIpc) is 2.25. The van der Waals surface area contributed by atoms with Crippen LogP contribution < -0.4 is 15.8 Å². The second-order valence-corrected chi connectivity index (χ2v) is 4.22. The molecule has 1 saturated carbocycles. The molecule has 1 heterocycles. The van der Waals surface area contributed by atoms with Gasteiger partial charge in [-0.15, -0.1) is 0 Å². The molecule has 1 aromatic rings. The number of nitrogen functional groups attached to an aromatic ring is 1. The molecule has 1 aliphatic rings. The summed E-state index contributed by atoms with van der Waals surface area (Å²) in [5, 5.41) is 13.0. The van der Waals surface area contributed by atoms with Crippen molar-refractivity contribution in [1.82, 2.24) is 4.98 Å². The van der Waals surface area contributed by atoms with E-state index in [1.165, 1.54) is 0 Å². The van der Waals surface area contributed by atoms with Crippen LogP contribution in [0.25, 0.3) is 0 Å². The molecule has 0 bridgehead atoms. The minimum atomic E-state index is -0.586. The lowest BCUT2D eigenvalue weighted by Gasteiger charge is -2.36. The second-order valence-electron chi connectivity index (χ2n) is 4.22. The van der Waals surface area contributed by atoms with Crippen LogP contribution in [0.5, 0.6) is 5.88 Å². The Balaban J connectivity index is 2.02. The molecule has 1 aromatic heterocycles. The minimum absolute atomic E-state index is 0.483. The Morgan fingerprint density at radius 3 is 2.88 bits per heavy atom. The number of ether oxygens (including phenoxy) is 1. The van der Waals surface area contributed by atoms with Crippen molar-refractivity contribution in [3.05, 3.63) is 12.1 Å². The Kier molecular flexibility index (Phi) is 2.87. The van der Waals surface area contributed by atoms with Crippen LogP contribution >= 0.6 is 0 Å². The maximum atomic E-state index is 9.93. The summed E-state index contributed by atoms with van der Waals surface area (Å²) in [5.74, 6) is 1.08. The molecule has 0 radical (unpaired) electrons. The van der Waals surface area contributed by atoms with E-state index in [1.807, 2.05) is 0 Å². The Bertz CT molecular complexity index is 377. The van der Waals surface area contributed by atoms with Gasteiger partial charge in [0.15, 0.2) is 5.82 Å². The van der Waals surface area contributed by atoms with E-state index in [-0.39, 0.29) is 0 Å². The van der Waals surface area contributed by atoms with Crippen LogP contribution in [0.4, 0.5) is 11.5 Å². The van der Waals surface area contributed by atoms with Crippen LogP contribution in [0.3, 0.4) is 0 Å². The van der Waals surface area contributed by atoms with Crippen molar-refractivity contribution < 1.29 is 9.84 Å². The summed E-state index contributed by atoms with van der Waals surface area (Å²) < 4.78 is 5.01. The fraction of sp³-hybridized carbons (Fsp3) is 0.545. The third-order valence-corrected chi connectivity index (χ3v) is 2.98. The van der Waals surface area contributed by atoms with Gasteiger partial charge < -0.3 is 20.9 Å². The number of aliphatic hydroxyl groups is 1. The van der Waals surface area contributed by atoms with E-state index >= 15 is 0 Å². The number of hydrogen-bond acceptors (Lipinski definition) is 5. The van der Waals surface area contributed by atoms with Gasteiger partial charge in [0.2, 0.25) is 5.88 Å². The molecule has 0 spiro atoms. The van der Waals surface area contributed by atoms with Crippen LogP contribution in [0.15, 0.2) is 12.1 Å². The van der Waals surface area contributed by atoms with Crippen molar-refractivity contribution in [2.75, 3.05) is 24.7 Å². The number of methoxy groups -OCH3 is 1. The van der Waals surface area contributed by atoms with Crippen molar-refractivity contribution in [3.8, 4) is 5.88 Å². The highest BCUT2D eigenvalue weighted by Crippen LogP contribution is 2.32. The van der Waals surface area contributed by atoms with E-state index in [0.717, 1.165) is 19.3 Å². The normalized spacial score (nSPS) is 17.6. The van der Waals surface area contributed by atoms with Crippen LogP contribution in [0.2, 0.25) is 0 Å². The van der Waals surface area contributed by atoms with Gasteiger partial charge in [0, 0.05) is 12.6 Å². The summed E-state index contributed by atoms with van der Waals surface area (Å²) in [4.78, 5) is 4.18. The van der Waals surface area contributed by atoms with Gasteiger partial charge in [0.1, 0.15) is 0 Å². The zero-order valence-electron chi connectivity index (χ0n) is 9.36. The van der Waals surface area contributed by atoms with Gasteiger partial charge in [-0.3, -0.25) is 0 Å². The number of pyridine rings is 1. The van der Waals surface area contributed by atoms with E-state index in [2.05, 4.69) is 10.3 Å². The summed E-state index contributed by atoms with van der Waals surface area (Å²) >= 11 is 0. The second kappa shape index (κ2) is 4.17. The third kappa shape index (κ3) is 2.19.